The second-order valence-electron chi connectivity index (χ2n) is 7.38. The van der Waals surface area contributed by atoms with Crippen LogP contribution in [0.15, 0.2) is 48.7 Å². The van der Waals surface area contributed by atoms with Gasteiger partial charge in [0.1, 0.15) is 5.82 Å². The summed E-state index contributed by atoms with van der Waals surface area (Å²) in [6.45, 7) is 7.03. The molecule has 1 aliphatic rings. The van der Waals surface area contributed by atoms with Crippen LogP contribution in [-0.4, -0.2) is 47.0 Å². The fraction of sp³-hybridized carbons (Fsp3) is 0.318. The van der Waals surface area contributed by atoms with E-state index >= 15 is 0 Å². The van der Waals surface area contributed by atoms with E-state index in [4.69, 9.17) is 16.6 Å². The molecule has 0 unspecified atom stereocenters. The molecule has 1 aliphatic heterocycles. The predicted octanol–water partition coefficient (Wildman–Crippen LogP) is 4.37. The number of halogens is 1. The van der Waals surface area contributed by atoms with Gasteiger partial charge in [0.25, 0.3) is 5.91 Å². The number of carbonyl (C=O) groups is 1. The van der Waals surface area contributed by atoms with E-state index in [2.05, 4.69) is 23.7 Å². The first kappa shape index (κ1) is 18.7. The molecule has 144 valence electrons. The number of anilines is 1. The zero-order chi connectivity index (χ0) is 19.7. The number of hydrogen-bond donors (Lipinski definition) is 0. The summed E-state index contributed by atoms with van der Waals surface area (Å²) < 4.78 is 0. The van der Waals surface area contributed by atoms with Gasteiger partial charge in [-0.25, -0.2) is 4.98 Å². The quantitative estimate of drug-likeness (QED) is 0.661. The minimum absolute atomic E-state index is 0.0733. The monoisotopic (exact) mass is 394 g/mol. The van der Waals surface area contributed by atoms with Crippen molar-refractivity contribution in [2.75, 3.05) is 31.1 Å². The van der Waals surface area contributed by atoms with Crippen molar-refractivity contribution >= 4 is 34.2 Å². The third-order valence-corrected chi connectivity index (χ3v) is 5.38. The summed E-state index contributed by atoms with van der Waals surface area (Å²) in [6, 6.07) is 13.6. The first-order valence-electron chi connectivity index (χ1n) is 9.58. The van der Waals surface area contributed by atoms with E-state index in [-0.39, 0.29) is 11.8 Å². The minimum atomic E-state index is 0.0733. The Labute approximate surface area is 170 Å². The molecule has 0 bridgehead atoms. The lowest BCUT2D eigenvalue weighted by molar-refractivity contribution is 0.0748. The van der Waals surface area contributed by atoms with Gasteiger partial charge < -0.3 is 9.80 Å². The molecule has 3 aromatic rings. The molecule has 1 fully saturated rings. The number of rotatable bonds is 3. The second-order valence-corrected chi connectivity index (χ2v) is 7.82. The Kier molecular flexibility index (Phi) is 5.18. The van der Waals surface area contributed by atoms with Crippen molar-refractivity contribution in [1.29, 1.82) is 0 Å². The van der Waals surface area contributed by atoms with Crippen LogP contribution in [0.25, 0.3) is 10.9 Å². The summed E-state index contributed by atoms with van der Waals surface area (Å²) in [6.07, 6.45) is 1.66. The Morgan fingerprint density at radius 2 is 1.82 bits per heavy atom. The number of aromatic nitrogens is 2. The molecule has 0 N–H and O–H groups in total. The molecule has 1 aromatic carbocycles. The lowest BCUT2D eigenvalue weighted by atomic mass is 10.0. The Balaban J connectivity index is 1.56. The third kappa shape index (κ3) is 3.67. The van der Waals surface area contributed by atoms with Crippen molar-refractivity contribution in [2.45, 2.75) is 19.8 Å². The van der Waals surface area contributed by atoms with Gasteiger partial charge in [-0.1, -0.05) is 43.6 Å². The molecule has 0 radical (unpaired) electrons. The molecular formula is C22H23ClN4O. The van der Waals surface area contributed by atoms with Gasteiger partial charge in [-0.05, 0) is 30.2 Å². The highest BCUT2D eigenvalue weighted by Crippen LogP contribution is 2.24. The molecule has 28 heavy (non-hydrogen) atoms. The number of amides is 1. The molecule has 5 nitrogen and oxygen atoms in total. The topological polar surface area (TPSA) is 49.3 Å². The van der Waals surface area contributed by atoms with Crippen LogP contribution < -0.4 is 4.90 Å². The summed E-state index contributed by atoms with van der Waals surface area (Å²) in [5, 5.41) is 1.54. The normalized spacial score (nSPS) is 14.7. The van der Waals surface area contributed by atoms with Crippen molar-refractivity contribution in [1.82, 2.24) is 14.9 Å². The van der Waals surface area contributed by atoms with E-state index in [0.717, 1.165) is 41.1 Å². The number of piperazine rings is 1. The van der Waals surface area contributed by atoms with Gasteiger partial charge >= 0.3 is 0 Å². The van der Waals surface area contributed by atoms with Crippen LogP contribution >= 0.6 is 11.6 Å². The Hall–Kier alpha value is -2.66. The third-order valence-electron chi connectivity index (χ3n) is 5.16. The number of para-hydroxylation sites is 1. The van der Waals surface area contributed by atoms with Gasteiger partial charge in [-0.15, -0.1) is 0 Å². The van der Waals surface area contributed by atoms with Crippen LogP contribution in [0.2, 0.25) is 5.02 Å². The van der Waals surface area contributed by atoms with Gasteiger partial charge in [-0.3, -0.25) is 9.78 Å². The van der Waals surface area contributed by atoms with Gasteiger partial charge in [-0.2, -0.15) is 0 Å². The van der Waals surface area contributed by atoms with Crippen molar-refractivity contribution in [2.24, 2.45) is 0 Å². The van der Waals surface area contributed by atoms with Crippen LogP contribution in [-0.2, 0) is 0 Å². The fourth-order valence-electron chi connectivity index (χ4n) is 3.53. The standard InChI is InChI=1S/C22H23ClN4O/c1-15(2)20-13-18(17-5-3-4-6-19(17)25-20)22(28)27-11-9-26(10-12-27)21-8-7-16(23)14-24-21/h3-8,13-15H,9-12H2,1-2H3. The number of hydrogen-bond acceptors (Lipinski definition) is 4. The molecule has 6 heteroatoms. The average molecular weight is 395 g/mol. The van der Waals surface area contributed by atoms with E-state index in [1.807, 2.05) is 47.4 Å². The van der Waals surface area contributed by atoms with E-state index in [9.17, 15) is 4.79 Å². The van der Waals surface area contributed by atoms with Crippen LogP contribution in [0.3, 0.4) is 0 Å². The van der Waals surface area contributed by atoms with Gasteiger partial charge in [0, 0.05) is 43.5 Å². The number of fused-ring (bicyclic) bond motifs is 1. The maximum absolute atomic E-state index is 13.3. The first-order chi connectivity index (χ1) is 13.5. The maximum atomic E-state index is 13.3. The molecular weight excluding hydrogens is 372 g/mol. The highest BCUT2D eigenvalue weighted by Gasteiger charge is 2.25. The zero-order valence-electron chi connectivity index (χ0n) is 16.1. The first-order valence-corrected chi connectivity index (χ1v) is 9.96. The Bertz CT molecular complexity index is 995. The van der Waals surface area contributed by atoms with Gasteiger partial charge in [0.05, 0.1) is 16.1 Å². The molecule has 0 aliphatic carbocycles. The average Bonchev–Trinajstić information content (AvgIpc) is 2.73. The molecule has 4 rings (SSSR count). The minimum Gasteiger partial charge on any atom is -0.353 e. The number of carbonyl (C=O) groups excluding carboxylic acids is 1. The summed E-state index contributed by atoms with van der Waals surface area (Å²) >= 11 is 5.93. The Morgan fingerprint density at radius 1 is 1.07 bits per heavy atom. The number of nitrogens with zero attached hydrogens (tertiary/aromatic N) is 4. The van der Waals surface area contributed by atoms with Crippen LogP contribution in [0.1, 0.15) is 35.8 Å². The Morgan fingerprint density at radius 3 is 2.50 bits per heavy atom. The summed E-state index contributed by atoms with van der Waals surface area (Å²) in [5.41, 5.74) is 2.57. The maximum Gasteiger partial charge on any atom is 0.254 e. The van der Waals surface area contributed by atoms with Crippen molar-refractivity contribution < 1.29 is 4.79 Å². The summed E-state index contributed by atoms with van der Waals surface area (Å²) in [7, 11) is 0. The van der Waals surface area contributed by atoms with Crippen molar-refractivity contribution in [3.63, 3.8) is 0 Å². The predicted molar refractivity (Wildman–Crippen MR) is 113 cm³/mol. The number of pyridine rings is 2. The van der Waals surface area contributed by atoms with Crippen LogP contribution in [0.5, 0.6) is 0 Å². The van der Waals surface area contributed by atoms with E-state index in [0.29, 0.717) is 18.1 Å². The van der Waals surface area contributed by atoms with E-state index in [1.54, 1.807) is 6.20 Å². The lowest BCUT2D eigenvalue weighted by Crippen LogP contribution is -2.49. The summed E-state index contributed by atoms with van der Waals surface area (Å²) in [5.74, 6) is 1.24. The van der Waals surface area contributed by atoms with Gasteiger partial charge in [0.15, 0.2) is 0 Å². The smallest absolute Gasteiger partial charge is 0.254 e. The lowest BCUT2D eigenvalue weighted by Gasteiger charge is -2.35. The number of benzene rings is 1. The molecule has 3 heterocycles. The van der Waals surface area contributed by atoms with E-state index in [1.165, 1.54) is 0 Å². The molecule has 2 aromatic heterocycles. The zero-order valence-corrected chi connectivity index (χ0v) is 16.9. The SMILES string of the molecule is CC(C)c1cc(C(=O)N2CCN(c3ccc(Cl)cn3)CC2)c2ccccc2n1. The van der Waals surface area contributed by atoms with E-state index < -0.39 is 0 Å². The fourth-order valence-corrected chi connectivity index (χ4v) is 3.64. The van der Waals surface area contributed by atoms with Crippen molar-refractivity contribution in [3.8, 4) is 0 Å². The highest BCUT2D eigenvalue weighted by molar-refractivity contribution is 6.30. The highest BCUT2D eigenvalue weighted by atomic mass is 35.5. The van der Waals surface area contributed by atoms with Crippen molar-refractivity contribution in [3.05, 3.63) is 64.9 Å². The molecule has 1 amide bonds. The molecule has 1 saturated heterocycles. The molecule has 0 atom stereocenters. The molecule has 0 saturated carbocycles. The van der Waals surface area contributed by atoms with Gasteiger partial charge in [0.2, 0.25) is 0 Å². The van der Waals surface area contributed by atoms with Crippen LogP contribution in [0, 0.1) is 0 Å². The largest absolute Gasteiger partial charge is 0.353 e. The van der Waals surface area contributed by atoms with Crippen LogP contribution in [0.4, 0.5) is 5.82 Å². The second kappa shape index (κ2) is 7.76. The summed E-state index contributed by atoms with van der Waals surface area (Å²) in [4.78, 5) is 26.5. The molecule has 0 spiro atoms.